The zero-order chi connectivity index (χ0) is 13.6. The third-order valence-electron chi connectivity index (χ3n) is 3.18. The van der Waals surface area contributed by atoms with Crippen molar-refractivity contribution in [1.82, 2.24) is 18.7 Å². The molecule has 0 N–H and O–H groups in total. The Balaban J connectivity index is 2.95. The first-order chi connectivity index (χ1) is 8.36. The maximum absolute atomic E-state index is 12.1. The van der Waals surface area contributed by atoms with Gasteiger partial charge in [-0.15, -0.1) is 0 Å². The molecule has 0 bridgehead atoms. The lowest BCUT2D eigenvalue weighted by atomic mass is 10.2. The first-order valence-corrected chi connectivity index (χ1v) is 5.49. The van der Waals surface area contributed by atoms with Gasteiger partial charge in [-0.3, -0.25) is 18.7 Å². The van der Waals surface area contributed by atoms with Crippen LogP contribution in [-0.4, -0.2) is 24.5 Å². The number of aryl methyl sites for hydroxylation is 1. The summed E-state index contributed by atoms with van der Waals surface area (Å²) in [5.41, 5.74) is -0.328. The Kier molecular flexibility index (Phi) is 2.68. The smallest absolute Gasteiger partial charge is 0.314 e. The molecule has 2 rings (SSSR count). The molecule has 2 heterocycles. The molecule has 0 amide bonds. The topological polar surface area (TPSA) is 78.9 Å². The van der Waals surface area contributed by atoms with Crippen LogP contribution in [0.3, 0.4) is 0 Å². The van der Waals surface area contributed by atoms with Gasteiger partial charge in [-0.05, 0) is 13.8 Å². The number of aromatic nitrogens is 4. The van der Waals surface area contributed by atoms with E-state index in [0.29, 0.717) is 0 Å². The van der Waals surface area contributed by atoms with Crippen LogP contribution >= 0.6 is 0 Å². The van der Waals surface area contributed by atoms with E-state index in [2.05, 4.69) is 4.98 Å². The van der Waals surface area contributed by atoms with Crippen molar-refractivity contribution in [3.63, 3.8) is 0 Å². The summed E-state index contributed by atoms with van der Waals surface area (Å²) < 4.78 is 3.80. The summed E-state index contributed by atoms with van der Waals surface area (Å²) >= 11 is 0. The molecule has 0 unspecified atom stereocenters. The minimum absolute atomic E-state index is 0.0785. The lowest BCUT2D eigenvalue weighted by molar-refractivity contribution is -0.119. The summed E-state index contributed by atoms with van der Waals surface area (Å²) in [5.74, 6) is -0.0785. The summed E-state index contributed by atoms with van der Waals surface area (Å²) in [4.78, 5) is 39.3. The Morgan fingerprint density at radius 1 is 1.28 bits per heavy atom. The molecule has 0 radical (unpaired) electrons. The Morgan fingerprint density at radius 2 is 1.89 bits per heavy atom. The highest BCUT2D eigenvalue weighted by molar-refractivity contribution is 5.82. The highest BCUT2D eigenvalue weighted by Crippen LogP contribution is 2.13. The van der Waals surface area contributed by atoms with Crippen LogP contribution in [0, 0.1) is 0 Å². The number of Topliss-reactive ketones (excluding diaryl/α,β-unsaturated/α-hetero) is 1. The minimum atomic E-state index is -0.486. The van der Waals surface area contributed by atoms with E-state index in [4.69, 9.17) is 0 Å². The molecule has 0 fully saturated rings. The van der Waals surface area contributed by atoms with Crippen LogP contribution in [-0.2, 0) is 18.9 Å². The van der Waals surface area contributed by atoms with Gasteiger partial charge in [-0.25, -0.2) is 9.78 Å². The fourth-order valence-electron chi connectivity index (χ4n) is 1.85. The number of carbonyl (C=O) groups is 1. The number of hydrogen-bond donors (Lipinski definition) is 0. The van der Waals surface area contributed by atoms with Crippen molar-refractivity contribution in [3.8, 4) is 0 Å². The number of fused-ring (bicyclic) bond motifs is 1. The third-order valence-corrected chi connectivity index (χ3v) is 3.18. The number of rotatable bonds is 2. The van der Waals surface area contributed by atoms with Gasteiger partial charge >= 0.3 is 5.69 Å². The second-order valence-electron chi connectivity index (χ2n) is 4.32. The molecule has 0 spiro atoms. The van der Waals surface area contributed by atoms with Gasteiger partial charge in [0, 0.05) is 14.1 Å². The van der Waals surface area contributed by atoms with Crippen LogP contribution < -0.4 is 11.2 Å². The predicted molar refractivity (Wildman–Crippen MR) is 65.6 cm³/mol. The number of hydrogen-bond acceptors (Lipinski definition) is 4. The quantitative estimate of drug-likeness (QED) is 0.725. The van der Waals surface area contributed by atoms with Crippen molar-refractivity contribution in [3.05, 3.63) is 27.2 Å². The summed E-state index contributed by atoms with van der Waals surface area (Å²) in [7, 11) is 2.94. The Labute approximate surface area is 102 Å². The van der Waals surface area contributed by atoms with E-state index < -0.39 is 17.3 Å². The predicted octanol–water partition coefficient (Wildman–Crippen LogP) is -0.416. The normalized spacial score (nSPS) is 12.9. The molecular weight excluding hydrogens is 236 g/mol. The van der Waals surface area contributed by atoms with Crippen molar-refractivity contribution in [1.29, 1.82) is 0 Å². The Bertz CT molecular complexity index is 750. The van der Waals surface area contributed by atoms with E-state index in [0.717, 1.165) is 4.57 Å². The summed E-state index contributed by atoms with van der Waals surface area (Å²) in [5, 5.41) is 0. The van der Waals surface area contributed by atoms with E-state index in [-0.39, 0.29) is 16.9 Å². The van der Waals surface area contributed by atoms with Crippen LogP contribution in [0.4, 0.5) is 0 Å². The zero-order valence-corrected chi connectivity index (χ0v) is 10.7. The Morgan fingerprint density at radius 3 is 2.44 bits per heavy atom. The maximum Gasteiger partial charge on any atom is 0.332 e. The summed E-state index contributed by atoms with van der Waals surface area (Å²) in [6.45, 7) is 3.14. The molecule has 0 aliphatic rings. The molecular formula is C11H14N4O3. The number of nitrogens with zero attached hydrogens (tertiary/aromatic N) is 4. The monoisotopic (exact) mass is 250 g/mol. The maximum atomic E-state index is 12.1. The van der Waals surface area contributed by atoms with Crippen LogP contribution in [0.15, 0.2) is 15.9 Å². The molecule has 2 aromatic heterocycles. The molecule has 7 heteroatoms. The van der Waals surface area contributed by atoms with Gasteiger partial charge < -0.3 is 4.57 Å². The fraction of sp³-hybridized carbons (Fsp3) is 0.455. The van der Waals surface area contributed by atoms with Crippen molar-refractivity contribution in [2.45, 2.75) is 19.9 Å². The highest BCUT2D eigenvalue weighted by atomic mass is 16.2. The first-order valence-electron chi connectivity index (χ1n) is 5.49. The molecule has 18 heavy (non-hydrogen) atoms. The summed E-state index contributed by atoms with van der Waals surface area (Å²) in [6.07, 6.45) is 1.41. The molecule has 2 aromatic rings. The molecule has 0 saturated carbocycles. The molecule has 0 saturated heterocycles. The lowest BCUT2D eigenvalue weighted by Crippen LogP contribution is -2.37. The van der Waals surface area contributed by atoms with Crippen LogP contribution in [0.5, 0.6) is 0 Å². The van der Waals surface area contributed by atoms with E-state index >= 15 is 0 Å². The van der Waals surface area contributed by atoms with Gasteiger partial charge in [0.1, 0.15) is 0 Å². The van der Waals surface area contributed by atoms with Crippen LogP contribution in [0.2, 0.25) is 0 Å². The van der Waals surface area contributed by atoms with Gasteiger partial charge in [-0.1, -0.05) is 0 Å². The molecule has 1 atom stereocenters. The van der Waals surface area contributed by atoms with Gasteiger partial charge in [0.25, 0.3) is 5.56 Å². The largest absolute Gasteiger partial charge is 0.332 e. The van der Waals surface area contributed by atoms with Crippen LogP contribution in [0.1, 0.15) is 19.9 Å². The first kappa shape index (κ1) is 12.3. The fourth-order valence-corrected chi connectivity index (χ4v) is 1.85. The molecule has 0 aromatic carbocycles. The average molecular weight is 250 g/mol. The standard InChI is InChI=1S/C11H14N4O3/c1-6(7(2)16)15-5-12-9-8(15)10(17)14(4)11(18)13(9)3/h5-6H,1-4H3/t6-/m1/s1. The zero-order valence-electron chi connectivity index (χ0n) is 10.7. The lowest BCUT2D eigenvalue weighted by Gasteiger charge is -2.11. The van der Waals surface area contributed by atoms with E-state index in [9.17, 15) is 14.4 Å². The van der Waals surface area contributed by atoms with Gasteiger partial charge in [-0.2, -0.15) is 0 Å². The Hall–Kier alpha value is -2.18. The SMILES string of the molecule is CC(=O)[C@@H](C)n1cnc2c1c(=O)n(C)c(=O)n2C. The van der Waals surface area contributed by atoms with Gasteiger partial charge in [0.2, 0.25) is 0 Å². The molecule has 0 aliphatic carbocycles. The van der Waals surface area contributed by atoms with Gasteiger partial charge in [0.05, 0.1) is 12.4 Å². The molecule has 7 nitrogen and oxygen atoms in total. The van der Waals surface area contributed by atoms with Crippen molar-refractivity contribution >= 4 is 16.9 Å². The number of imidazole rings is 1. The van der Waals surface area contributed by atoms with Crippen molar-refractivity contribution in [2.24, 2.45) is 14.1 Å². The van der Waals surface area contributed by atoms with E-state index in [1.807, 2.05) is 0 Å². The van der Waals surface area contributed by atoms with E-state index in [1.165, 1.54) is 29.4 Å². The second-order valence-corrected chi connectivity index (χ2v) is 4.32. The van der Waals surface area contributed by atoms with Crippen molar-refractivity contribution in [2.75, 3.05) is 0 Å². The molecule has 0 aliphatic heterocycles. The summed E-state index contributed by atoms with van der Waals surface area (Å²) in [6, 6.07) is -0.486. The molecule has 96 valence electrons. The third kappa shape index (κ3) is 1.51. The number of carbonyl (C=O) groups excluding carboxylic acids is 1. The van der Waals surface area contributed by atoms with Crippen LogP contribution in [0.25, 0.3) is 11.2 Å². The van der Waals surface area contributed by atoms with Crippen molar-refractivity contribution < 1.29 is 4.79 Å². The second kappa shape index (κ2) is 3.94. The minimum Gasteiger partial charge on any atom is -0.314 e. The van der Waals surface area contributed by atoms with E-state index in [1.54, 1.807) is 14.0 Å². The van der Waals surface area contributed by atoms with Gasteiger partial charge in [0.15, 0.2) is 16.9 Å². The average Bonchev–Trinajstić information content (AvgIpc) is 2.77. The number of ketones is 1. The highest BCUT2D eigenvalue weighted by Gasteiger charge is 2.19.